The summed E-state index contributed by atoms with van der Waals surface area (Å²) >= 11 is 0. The van der Waals surface area contributed by atoms with Crippen LogP contribution in [0.15, 0.2) is 0 Å². The molecular weight excluding hydrogens is 280 g/mol. The van der Waals surface area contributed by atoms with E-state index < -0.39 is 11.8 Å². The maximum atomic E-state index is 12.5. The van der Waals surface area contributed by atoms with Crippen molar-refractivity contribution >= 4 is 17.6 Å². The molecule has 2 atom stereocenters. The molecule has 3 aliphatic rings. The molecule has 3 fully saturated rings. The van der Waals surface area contributed by atoms with E-state index in [2.05, 4.69) is 10.6 Å². The first-order valence-corrected chi connectivity index (χ1v) is 8.76. The summed E-state index contributed by atoms with van der Waals surface area (Å²) in [4.78, 5) is 36.7. The van der Waals surface area contributed by atoms with Crippen molar-refractivity contribution in [2.45, 2.75) is 76.3 Å². The third kappa shape index (κ3) is 3.50. The van der Waals surface area contributed by atoms with Crippen LogP contribution in [-0.4, -0.2) is 29.7 Å². The molecule has 3 rings (SSSR count). The Kier molecular flexibility index (Phi) is 4.79. The van der Waals surface area contributed by atoms with Crippen LogP contribution in [0, 0.1) is 11.8 Å². The molecular formula is C17H26N2O3. The van der Waals surface area contributed by atoms with Crippen LogP contribution in [0.1, 0.15) is 64.2 Å². The molecule has 3 aliphatic carbocycles. The Labute approximate surface area is 131 Å². The molecule has 0 heterocycles. The van der Waals surface area contributed by atoms with Crippen molar-refractivity contribution in [2.75, 3.05) is 0 Å². The number of carbonyl (C=O) groups is 3. The number of amides is 2. The Morgan fingerprint density at radius 2 is 1.09 bits per heavy atom. The number of ketones is 1. The summed E-state index contributed by atoms with van der Waals surface area (Å²) in [7, 11) is 0. The molecule has 2 amide bonds. The predicted octanol–water partition coefficient (Wildman–Crippen LogP) is 1.70. The Bertz CT molecular complexity index is 411. The van der Waals surface area contributed by atoms with Crippen LogP contribution in [0.4, 0.5) is 0 Å². The molecule has 22 heavy (non-hydrogen) atoms. The highest BCUT2D eigenvalue weighted by Crippen LogP contribution is 2.31. The van der Waals surface area contributed by atoms with E-state index in [1.807, 2.05) is 0 Å². The van der Waals surface area contributed by atoms with Gasteiger partial charge in [0.1, 0.15) is 5.78 Å². The Morgan fingerprint density at radius 1 is 0.727 bits per heavy atom. The van der Waals surface area contributed by atoms with Gasteiger partial charge in [-0.2, -0.15) is 0 Å². The zero-order chi connectivity index (χ0) is 15.5. The number of rotatable bonds is 4. The molecule has 0 aromatic carbocycles. The van der Waals surface area contributed by atoms with Crippen molar-refractivity contribution in [3.63, 3.8) is 0 Å². The third-order valence-electron chi connectivity index (χ3n) is 5.46. The number of hydrogen-bond donors (Lipinski definition) is 2. The molecule has 0 aromatic rings. The largest absolute Gasteiger partial charge is 0.353 e. The molecule has 0 spiro atoms. The number of carbonyl (C=O) groups excluding carboxylic acids is 3. The first-order chi connectivity index (χ1) is 10.6. The van der Waals surface area contributed by atoms with E-state index in [0.717, 1.165) is 51.4 Å². The fraction of sp³-hybridized carbons (Fsp3) is 0.824. The quantitative estimate of drug-likeness (QED) is 0.830. The summed E-state index contributed by atoms with van der Waals surface area (Å²) in [5.41, 5.74) is 0. The summed E-state index contributed by atoms with van der Waals surface area (Å²) in [6, 6.07) is 0.475. The van der Waals surface area contributed by atoms with Gasteiger partial charge in [0.2, 0.25) is 11.8 Å². The summed E-state index contributed by atoms with van der Waals surface area (Å²) in [6.07, 6.45) is 9.14. The Balaban J connectivity index is 1.59. The van der Waals surface area contributed by atoms with Crippen LogP contribution in [-0.2, 0) is 14.4 Å². The maximum absolute atomic E-state index is 12.5. The van der Waals surface area contributed by atoms with Gasteiger partial charge in [0.05, 0.1) is 11.8 Å². The SMILES string of the molecule is O=C1C[C@@H](C(=O)NC2CCCC2)[C@H](C(=O)NC2CCCC2)C1. The van der Waals surface area contributed by atoms with E-state index in [9.17, 15) is 14.4 Å². The normalized spacial score (nSPS) is 29.9. The highest BCUT2D eigenvalue weighted by atomic mass is 16.2. The first kappa shape index (κ1) is 15.5. The minimum atomic E-state index is -0.463. The molecule has 5 nitrogen and oxygen atoms in total. The monoisotopic (exact) mass is 306 g/mol. The molecule has 3 saturated carbocycles. The fourth-order valence-electron chi connectivity index (χ4n) is 4.17. The van der Waals surface area contributed by atoms with Crippen molar-refractivity contribution in [3.8, 4) is 0 Å². The Morgan fingerprint density at radius 3 is 1.45 bits per heavy atom. The van der Waals surface area contributed by atoms with Gasteiger partial charge in [0, 0.05) is 24.9 Å². The van der Waals surface area contributed by atoms with Crippen molar-refractivity contribution in [3.05, 3.63) is 0 Å². The topological polar surface area (TPSA) is 75.3 Å². The molecule has 0 bridgehead atoms. The second kappa shape index (κ2) is 6.80. The van der Waals surface area contributed by atoms with Crippen molar-refractivity contribution < 1.29 is 14.4 Å². The lowest BCUT2D eigenvalue weighted by Gasteiger charge is -2.22. The molecule has 0 aromatic heterocycles. The Hall–Kier alpha value is -1.39. The second-order valence-corrected chi connectivity index (χ2v) is 7.14. The molecule has 0 radical (unpaired) electrons. The smallest absolute Gasteiger partial charge is 0.224 e. The van der Waals surface area contributed by atoms with E-state index in [1.54, 1.807) is 0 Å². The van der Waals surface area contributed by atoms with E-state index >= 15 is 0 Å². The summed E-state index contributed by atoms with van der Waals surface area (Å²) in [5, 5.41) is 6.10. The molecule has 0 aliphatic heterocycles. The van der Waals surface area contributed by atoms with Crippen molar-refractivity contribution in [1.82, 2.24) is 10.6 Å². The summed E-state index contributed by atoms with van der Waals surface area (Å²) in [6.45, 7) is 0. The zero-order valence-corrected chi connectivity index (χ0v) is 13.1. The van der Waals surface area contributed by atoms with E-state index in [1.165, 1.54) is 0 Å². The van der Waals surface area contributed by atoms with Crippen LogP contribution >= 0.6 is 0 Å². The molecule has 122 valence electrons. The minimum absolute atomic E-state index is 0.0399. The fourth-order valence-corrected chi connectivity index (χ4v) is 4.17. The van der Waals surface area contributed by atoms with Gasteiger partial charge in [-0.3, -0.25) is 14.4 Å². The van der Waals surface area contributed by atoms with E-state index in [-0.39, 0.29) is 42.5 Å². The van der Waals surface area contributed by atoms with Gasteiger partial charge in [-0.05, 0) is 25.7 Å². The van der Waals surface area contributed by atoms with Crippen molar-refractivity contribution in [1.29, 1.82) is 0 Å². The lowest BCUT2D eigenvalue weighted by Crippen LogP contribution is -2.44. The van der Waals surface area contributed by atoms with Gasteiger partial charge in [0.25, 0.3) is 0 Å². The standard InChI is InChI=1S/C17H26N2O3/c20-13-9-14(16(21)18-11-5-1-2-6-11)15(10-13)17(22)19-12-7-3-4-8-12/h11-12,14-15H,1-10H2,(H,18,21)(H,19,22)/t14-,15-/m1/s1. The number of nitrogens with one attached hydrogen (secondary N) is 2. The highest BCUT2D eigenvalue weighted by molar-refractivity contribution is 5.98. The average Bonchev–Trinajstić information content (AvgIpc) is 3.19. The average molecular weight is 306 g/mol. The third-order valence-corrected chi connectivity index (χ3v) is 5.46. The van der Waals surface area contributed by atoms with Gasteiger partial charge in [0.15, 0.2) is 0 Å². The lowest BCUT2D eigenvalue weighted by atomic mass is 9.93. The maximum Gasteiger partial charge on any atom is 0.224 e. The molecule has 0 saturated heterocycles. The molecule has 2 N–H and O–H groups in total. The van der Waals surface area contributed by atoms with Crippen LogP contribution in [0.5, 0.6) is 0 Å². The number of hydrogen-bond acceptors (Lipinski definition) is 3. The molecule has 5 heteroatoms. The first-order valence-electron chi connectivity index (χ1n) is 8.76. The van der Waals surface area contributed by atoms with Crippen molar-refractivity contribution in [2.24, 2.45) is 11.8 Å². The molecule has 0 unspecified atom stereocenters. The highest BCUT2D eigenvalue weighted by Gasteiger charge is 2.43. The van der Waals surface area contributed by atoms with E-state index in [4.69, 9.17) is 0 Å². The van der Waals surface area contributed by atoms with Gasteiger partial charge >= 0.3 is 0 Å². The van der Waals surface area contributed by atoms with Crippen LogP contribution < -0.4 is 10.6 Å². The number of Topliss-reactive ketones (excluding diaryl/α,β-unsaturated/α-hetero) is 1. The van der Waals surface area contributed by atoms with Gasteiger partial charge < -0.3 is 10.6 Å². The minimum Gasteiger partial charge on any atom is -0.353 e. The zero-order valence-electron chi connectivity index (χ0n) is 13.1. The summed E-state index contributed by atoms with van der Waals surface area (Å²) < 4.78 is 0. The van der Waals surface area contributed by atoms with Crippen LogP contribution in [0.3, 0.4) is 0 Å². The van der Waals surface area contributed by atoms with E-state index in [0.29, 0.717) is 0 Å². The van der Waals surface area contributed by atoms with Gasteiger partial charge in [-0.1, -0.05) is 25.7 Å². The van der Waals surface area contributed by atoms with Crippen LogP contribution in [0.25, 0.3) is 0 Å². The van der Waals surface area contributed by atoms with Gasteiger partial charge in [-0.15, -0.1) is 0 Å². The lowest BCUT2D eigenvalue weighted by molar-refractivity contribution is -0.134. The van der Waals surface area contributed by atoms with Gasteiger partial charge in [-0.25, -0.2) is 0 Å². The predicted molar refractivity (Wildman–Crippen MR) is 82.0 cm³/mol. The van der Waals surface area contributed by atoms with Crippen LogP contribution in [0.2, 0.25) is 0 Å². The second-order valence-electron chi connectivity index (χ2n) is 7.14. The summed E-state index contributed by atoms with van der Waals surface area (Å²) in [5.74, 6) is -1.07.